The first-order valence-electron chi connectivity index (χ1n) is 8.79. The van der Waals surface area contributed by atoms with Crippen LogP contribution in [0, 0.1) is 0 Å². The summed E-state index contributed by atoms with van der Waals surface area (Å²) in [6.07, 6.45) is 7.84. The lowest BCUT2D eigenvalue weighted by atomic mass is 10.1. The fourth-order valence-corrected chi connectivity index (χ4v) is 3.11. The molecule has 3 heterocycles. The Kier molecular flexibility index (Phi) is 6.57. The number of ether oxygens (including phenoxy) is 3. The number of likely N-dealkylation sites (tertiary alicyclic amines) is 1. The van der Waals surface area contributed by atoms with Gasteiger partial charge in [0, 0.05) is 32.1 Å². The number of rotatable bonds is 7. The molecule has 0 bridgehead atoms. The molecule has 6 nitrogen and oxygen atoms in total. The van der Waals surface area contributed by atoms with Crippen LogP contribution in [0.5, 0.6) is 0 Å². The summed E-state index contributed by atoms with van der Waals surface area (Å²) in [5, 5.41) is 0. The SMILES string of the molecule is O=C(COCC1CCCO1)N1CCC(OCc2cccnc2)CC1. The normalized spacial score (nSPS) is 22.0. The Bertz CT molecular complexity index is 497. The van der Waals surface area contributed by atoms with Gasteiger partial charge in [0.25, 0.3) is 0 Å². The molecule has 0 aromatic carbocycles. The van der Waals surface area contributed by atoms with E-state index in [2.05, 4.69) is 4.98 Å². The summed E-state index contributed by atoms with van der Waals surface area (Å²) in [5.74, 6) is 0.0682. The molecule has 132 valence electrons. The number of amides is 1. The monoisotopic (exact) mass is 334 g/mol. The van der Waals surface area contributed by atoms with E-state index < -0.39 is 0 Å². The number of carbonyl (C=O) groups excluding carboxylic acids is 1. The molecule has 1 aromatic heterocycles. The fraction of sp³-hybridized carbons (Fsp3) is 0.667. The van der Waals surface area contributed by atoms with E-state index in [1.54, 1.807) is 6.20 Å². The van der Waals surface area contributed by atoms with Gasteiger partial charge in [-0.2, -0.15) is 0 Å². The summed E-state index contributed by atoms with van der Waals surface area (Å²) in [6.45, 7) is 3.54. The second kappa shape index (κ2) is 9.11. The first kappa shape index (κ1) is 17.3. The summed E-state index contributed by atoms with van der Waals surface area (Å²) in [7, 11) is 0. The third kappa shape index (κ3) is 5.26. The van der Waals surface area contributed by atoms with Crippen molar-refractivity contribution >= 4 is 5.91 Å². The lowest BCUT2D eigenvalue weighted by Crippen LogP contribution is -2.42. The Morgan fingerprint density at radius 1 is 1.33 bits per heavy atom. The highest BCUT2D eigenvalue weighted by Gasteiger charge is 2.24. The van der Waals surface area contributed by atoms with E-state index in [-0.39, 0.29) is 24.7 Å². The van der Waals surface area contributed by atoms with Crippen LogP contribution < -0.4 is 0 Å². The second-order valence-corrected chi connectivity index (χ2v) is 6.40. The molecule has 1 aromatic rings. The van der Waals surface area contributed by atoms with Crippen molar-refractivity contribution in [2.24, 2.45) is 0 Å². The molecule has 0 radical (unpaired) electrons. The number of carbonyl (C=O) groups is 1. The van der Waals surface area contributed by atoms with Gasteiger partial charge in [0.05, 0.1) is 25.4 Å². The molecule has 24 heavy (non-hydrogen) atoms. The zero-order valence-corrected chi connectivity index (χ0v) is 14.1. The Morgan fingerprint density at radius 3 is 2.92 bits per heavy atom. The lowest BCUT2D eigenvalue weighted by Gasteiger charge is -2.32. The number of aromatic nitrogens is 1. The molecule has 6 heteroatoms. The van der Waals surface area contributed by atoms with Gasteiger partial charge < -0.3 is 19.1 Å². The molecule has 1 atom stereocenters. The molecule has 1 unspecified atom stereocenters. The Balaban J connectivity index is 1.30. The summed E-state index contributed by atoms with van der Waals surface area (Å²) < 4.78 is 16.9. The number of nitrogens with zero attached hydrogens (tertiary/aromatic N) is 2. The molecule has 0 spiro atoms. The fourth-order valence-electron chi connectivity index (χ4n) is 3.11. The van der Waals surface area contributed by atoms with Crippen molar-refractivity contribution in [2.75, 3.05) is 32.9 Å². The zero-order valence-electron chi connectivity index (χ0n) is 14.1. The third-order valence-electron chi connectivity index (χ3n) is 4.56. The van der Waals surface area contributed by atoms with E-state index in [4.69, 9.17) is 14.2 Å². The van der Waals surface area contributed by atoms with Gasteiger partial charge in [-0.05, 0) is 37.3 Å². The molecule has 2 fully saturated rings. The molecule has 0 N–H and O–H groups in total. The summed E-state index contributed by atoms with van der Waals surface area (Å²) >= 11 is 0. The van der Waals surface area contributed by atoms with Crippen LogP contribution in [-0.4, -0.2) is 60.9 Å². The van der Waals surface area contributed by atoms with E-state index in [0.29, 0.717) is 13.2 Å². The quantitative estimate of drug-likeness (QED) is 0.761. The first-order chi connectivity index (χ1) is 11.8. The number of hydrogen-bond acceptors (Lipinski definition) is 5. The summed E-state index contributed by atoms with van der Waals surface area (Å²) in [4.78, 5) is 18.1. The lowest BCUT2D eigenvalue weighted by molar-refractivity contribution is -0.140. The molecular weight excluding hydrogens is 308 g/mol. The molecule has 2 aliphatic heterocycles. The highest BCUT2D eigenvalue weighted by atomic mass is 16.5. The zero-order chi connectivity index (χ0) is 16.6. The van der Waals surface area contributed by atoms with Gasteiger partial charge in [0.1, 0.15) is 6.61 Å². The Labute approximate surface area is 143 Å². The maximum absolute atomic E-state index is 12.2. The van der Waals surface area contributed by atoms with Gasteiger partial charge in [-0.3, -0.25) is 9.78 Å². The van der Waals surface area contributed by atoms with Crippen LogP contribution in [0.3, 0.4) is 0 Å². The topological polar surface area (TPSA) is 60.9 Å². The molecule has 1 amide bonds. The van der Waals surface area contributed by atoms with Crippen molar-refractivity contribution in [3.63, 3.8) is 0 Å². The van der Waals surface area contributed by atoms with Gasteiger partial charge in [-0.1, -0.05) is 6.07 Å². The van der Waals surface area contributed by atoms with Crippen LogP contribution in [0.4, 0.5) is 0 Å². The van der Waals surface area contributed by atoms with Crippen molar-refractivity contribution in [1.29, 1.82) is 0 Å². The summed E-state index contributed by atoms with van der Waals surface area (Å²) in [5.41, 5.74) is 1.08. The van der Waals surface area contributed by atoms with Gasteiger partial charge in [-0.25, -0.2) is 0 Å². The number of hydrogen-bond donors (Lipinski definition) is 0. The van der Waals surface area contributed by atoms with Crippen LogP contribution in [0.25, 0.3) is 0 Å². The maximum Gasteiger partial charge on any atom is 0.248 e. The highest BCUT2D eigenvalue weighted by Crippen LogP contribution is 2.16. The standard InChI is InChI=1S/C18H26N2O4/c21-18(14-22-13-17-4-2-10-23-17)20-8-5-16(6-9-20)24-12-15-3-1-7-19-11-15/h1,3,7,11,16-17H,2,4-6,8-10,12-14H2. The first-order valence-corrected chi connectivity index (χ1v) is 8.79. The molecule has 3 rings (SSSR count). The van der Waals surface area contributed by atoms with Crippen LogP contribution >= 0.6 is 0 Å². The van der Waals surface area contributed by atoms with Gasteiger partial charge in [0.15, 0.2) is 0 Å². The van der Waals surface area contributed by atoms with Crippen molar-refractivity contribution < 1.29 is 19.0 Å². The van der Waals surface area contributed by atoms with Gasteiger partial charge in [0.2, 0.25) is 5.91 Å². The predicted molar refractivity (Wildman–Crippen MR) is 88.4 cm³/mol. The highest BCUT2D eigenvalue weighted by molar-refractivity contribution is 5.77. The van der Waals surface area contributed by atoms with E-state index in [1.807, 2.05) is 23.2 Å². The van der Waals surface area contributed by atoms with Crippen molar-refractivity contribution in [2.45, 2.75) is 44.5 Å². The minimum Gasteiger partial charge on any atom is -0.376 e. The Hall–Kier alpha value is -1.50. The predicted octanol–water partition coefficient (Wildman–Crippen LogP) is 1.78. The van der Waals surface area contributed by atoms with Gasteiger partial charge in [-0.15, -0.1) is 0 Å². The second-order valence-electron chi connectivity index (χ2n) is 6.40. The summed E-state index contributed by atoms with van der Waals surface area (Å²) in [6, 6.07) is 3.92. The van der Waals surface area contributed by atoms with Crippen molar-refractivity contribution in [3.8, 4) is 0 Å². The van der Waals surface area contributed by atoms with Crippen molar-refractivity contribution in [3.05, 3.63) is 30.1 Å². The van der Waals surface area contributed by atoms with E-state index >= 15 is 0 Å². The van der Waals surface area contributed by atoms with Crippen LogP contribution in [-0.2, 0) is 25.6 Å². The number of piperidine rings is 1. The van der Waals surface area contributed by atoms with E-state index in [9.17, 15) is 4.79 Å². The molecular formula is C18H26N2O4. The van der Waals surface area contributed by atoms with Gasteiger partial charge >= 0.3 is 0 Å². The molecule has 0 aliphatic carbocycles. The average molecular weight is 334 g/mol. The Morgan fingerprint density at radius 2 is 2.21 bits per heavy atom. The smallest absolute Gasteiger partial charge is 0.248 e. The van der Waals surface area contributed by atoms with Crippen LogP contribution in [0.15, 0.2) is 24.5 Å². The molecule has 0 saturated carbocycles. The molecule has 2 saturated heterocycles. The minimum absolute atomic E-state index is 0.0682. The largest absolute Gasteiger partial charge is 0.376 e. The van der Waals surface area contributed by atoms with E-state index in [1.165, 1.54) is 0 Å². The van der Waals surface area contributed by atoms with Crippen LogP contribution in [0.2, 0.25) is 0 Å². The van der Waals surface area contributed by atoms with Crippen molar-refractivity contribution in [1.82, 2.24) is 9.88 Å². The van der Waals surface area contributed by atoms with Crippen LogP contribution in [0.1, 0.15) is 31.2 Å². The number of pyridine rings is 1. The van der Waals surface area contributed by atoms with E-state index in [0.717, 1.165) is 50.9 Å². The minimum atomic E-state index is 0.0682. The average Bonchev–Trinajstić information content (AvgIpc) is 3.15. The maximum atomic E-state index is 12.2. The third-order valence-corrected chi connectivity index (χ3v) is 4.56. The molecule has 2 aliphatic rings.